The van der Waals surface area contributed by atoms with Gasteiger partial charge in [-0.05, 0) is 83.3 Å². The molecule has 0 saturated carbocycles. The van der Waals surface area contributed by atoms with E-state index >= 15 is 0 Å². The van der Waals surface area contributed by atoms with Gasteiger partial charge in [0.2, 0.25) is 0 Å². The summed E-state index contributed by atoms with van der Waals surface area (Å²) in [6.07, 6.45) is 4.13. The van der Waals surface area contributed by atoms with Gasteiger partial charge in [0, 0.05) is 0 Å². The first kappa shape index (κ1) is 18.9. The molecule has 3 aliphatic rings. The van der Waals surface area contributed by atoms with Gasteiger partial charge in [-0.15, -0.1) is 0 Å². The molecule has 0 amide bonds. The van der Waals surface area contributed by atoms with Crippen molar-refractivity contribution in [3.8, 4) is 11.5 Å². The summed E-state index contributed by atoms with van der Waals surface area (Å²) >= 11 is 0. The van der Waals surface area contributed by atoms with E-state index in [-0.39, 0.29) is 26.4 Å². The average Bonchev–Trinajstić information content (AvgIpc) is 3.31. The molecule has 29 heavy (non-hydrogen) atoms. The number of hydrogen-bond donors (Lipinski definition) is 1. The molecule has 0 unspecified atom stereocenters. The molecular weight excluding hydrogens is 391 g/mol. The third-order valence-electron chi connectivity index (χ3n) is 5.68. The first-order valence-electron chi connectivity index (χ1n) is 9.95. The SMILES string of the molecule is O=P1(O)OCCOc2ccc3c(c2)/C(=C2/CCc4ccc(cc42)OCCO1)CC3. The van der Waals surface area contributed by atoms with Crippen LogP contribution in [-0.4, -0.2) is 31.3 Å². The number of aryl methyl sites for hydroxylation is 2. The minimum absolute atomic E-state index is 0.0379. The summed E-state index contributed by atoms with van der Waals surface area (Å²) in [6.45, 7) is 0.258. The quantitative estimate of drug-likeness (QED) is 0.645. The summed E-state index contributed by atoms with van der Waals surface area (Å²) in [5.41, 5.74) is 7.96. The second kappa shape index (κ2) is 7.62. The molecule has 7 heteroatoms. The number of hydrogen-bond acceptors (Lipinski definition) is 5. The van der Waals surface area contributed by atoms with Gasteiger partial charge in [-0.2, -0.15) is 0 Å². The van der Waals surface area contributed by atoms with Gasteiger partial charge in [0.25, 0.3) is 0 Å². The molecule has 0 atom stereocenters. The van der Waals surface area contributed by atoms with Crippen molar-refractivity contribution in [2.24, 2.45) is 0 Å². The lowest BCUT2D eigenvalue weighted by Gasteiger charge is -2.13. The molecule has 2 aromatic carbocycles. The highest BCUT2D eigenvalue weighted by Gasteiger charge is 2.26. The molecule has 5 rings (SSSR count). The van der Waals surface area contributed by atoms with E-state index in [4.69, 9.17) is 18.5 Å². The smallest absolute Gasteiger partial charge is 0.472 e. The number of ether oxygens (including phenoxy) is 2. The second-order valence-electron chi connectivity index (χ2n) is 7.43. The minimum Gasteiger partial charge on any atom is -0.491 e. The third kappa shape index (κ3) is 3.86. The molecule has 152 valence electrons. The Morgan fingerprint density at radius 3 is 1.66 bits per heavy atom. The second-order valence-corrected chi connectivity index (χ2v) is 8.88. The predicted molar refractivity (Wildman–Crippen MR) is 109 cm³/mol. The zero-order valence-electron chi connectivity index (χ0n) is 16.1. The van der Waals surface area contributed by atoms with E-state index in [1.165, 1.54) is 33.4 Å². The first-order valence-corrected chi connectivity index (χ1v) is 11.4. The van der Waals surface area contributed by atoms with Crippen LogP contribution >= 0.6 is 7.82 Å². The van der Waals surface area contributed by atoms with E-state index in [0.29, 0.717) is 0 Å². The van der Waals surface area contributed by atoms with Crippen LogP contribution < -0.4 is 9.47 Å². The van der Waals surface area contributed by atoms with Crippen molar-refractivity contribution in [1.29, 1.82) is 0 Å². The van der Waals surface area contributed by atoms with Gasteiger partial charge in [-0.1, -0.05) is 12.1 Å². The van der Waals surface area contributed by atoms with E-state index in [0.717, 1.165) is 37.2 Å². The monoisotopic (exact) mass is 414 g/mol. The van der Waals surface area contributed by atoms with Crippen molar-refractivity contribution in [2.75, 3.05) is 26.4 Å². The van der Waals surface area contributed by atoms with Crippen LogP contribution in [0.1, 0.15) is 35.1 Å². The zero-order chi connectivity index (χ0) is 19.8. The summed E-state index contributed by atoms with van der Waals surface area (Å²) in [7, 11) is -4.13. The molecule has 2 aromatic rings. The highest BCUT2D eigenvalue weighted by molar-refractivity contribution is 7.47. The largest absolute Gasteiger partial charge is 0.491 e. The van der Waals surface area contributed by atoms with Gasteiger partial charge in [0.05, 0.1) is 13.2 Å². The Morgan fingerprint density at radius 1 is 0.690 bits per heavy atom. The van der Waals surface area contributed by atoms with Crippen LogP contribution in [0.15, 0.2) is 36.4 Å². The first-order chi connectivity index (χ1) is 14.1. The average molecular weight is 414 g/mol. The molecular formula is C22H23O6P. The van der Waals surface area contributed by atoms with E-state index < -0.39 is 7.82 Å². The Balaban J connectivity index is 1.54. The third-order valence-corrected chi connectivity index (χ3v) is 6.70. The fourth-order valence-electron chi connectivity index (χ4n) is 4.37. The zero-order valence-corrected chi connectivity index (χ0v) is 17.0. The standard InChI is InChI=1S/C22H23O6P/c23-29(24)27-11-9-25-17-5-1-15-3-7-19(21(15)13-17)20-8-4-16-2-6-18(14-22(16)20)26-10-12-28-29/h1-2,5-6,13-14H,3-4,7-12H2,(H,23,24)/b20-19-. The molecule has 4 bridgehead atoms. The summed E-state index contributed by atoms with van der Waals surface area (Å²) in [4.78, 5) is 9.76. The molecule has 0 radical (unpaired) electrons. The van der Waals surface area contributed by atoms with Crippen molar-refractivity contribution in [1.82, 2.24) is 0 Å². The Labute approximate surface area is 169 Å². The molecule has 0 spiro atoms. The Bertz CT molecular complexity index is 950. The summed E-state index contributed by atoms with van der Waals surface area (Å²) in [5, 5.41) is 0. The van der Waals surface area contributed by atoms with Crippen LogP contribution in [0.5, 0.6) is 11.5 Å². The van der Waals surface area contributed by atoms with Gasteiger partial charge in [0.1, 0.15) is 24.7 Å². The maximum absolute atomic E-state index is 11.9. The highest BCUT2D eigenvalue weighted by Crippen LogP contribution is 2.46. The van der Waals surface area contributed by atoms with Crippen LogP contribution in [0.25, 0.3) is 11.1 Å². The molecule has 1 N–H and O–H groups in total. The fourth-order valence-corrected chi connectivity index (χ4v) is 5.05. The van der Waals surface area contributed by atoms with E-state index in [9.17, 15) is 9.46 Å². The molecule has 6 nitrogen and oxygen atoms in total. The molecule has 1 heterocycles. The number of benzene rings is 2. The lowest BCUT2D eigenvalue weighted by Crippen LogP contribution is -2.10. The molecule has 0 fully saturated rings. The van der Waals surface area contributed by atoms with Crippen LogP contribution in [0, 0.1) is 0 Å². The predicted octanol–water partition coefficient (Wildman–Crippen LogP) is 4.39. The van der Waals surface area contributed by atoms with Crippen LogP contribution in [0.2, 0.25) is 0 Å². The Kier molecular flexibility index (Phi) is 4.96. The Morgan fingerprint density at radius 2 is 1.17 bits per heavy atom. The van der Waals surface area contributed by atoms with Crippen molar-refractivity contribution in [2.45, 2.75) is 25.7 Å². The van der Waals surface area contributed by atoms with Crippen molar-refractivity contribution in [3.63, 3.8) is 0 Å². The van der Waals surface area contributed by atoms with E-state index in [2.05, 4.69) is 24.3 Å². The van der Waals surface area contributed by atoms with Crippen LogP contribution in [-0.2, 0) is 26.5 Å². The molecule has 0 saturated heterocycles. The van der Waals surface area contributed by atoms with Crippen LogP contribution in [0.3, 0.4) is 0 Å². The molecule has 1 aliphatic heterocycles. The van der Waals surface area contributed by atoms with Crippen LogP contribution in [0.4, 0.5) is 0 Å². The normalized spacial score (nSPS) is 23.2. The number of allylic oxidation sites excluding steroid dienone is 2. The summed E-state index contributed by atoms with van der Waals surface area (Å²) in [6, 6.07) is 12.3. The Hall–Kier alpha value is -2.11. The van der Waals surface area contributed by atoms with Gasteiger partial charge in [-0.3, -0.25) is 9.05 Å². The van der Waals surface area contributed by atoms with Crippen molar-refractivity contribution >= 4 is 19.0 Å². The summed E-state index contributed by atoms with van der Waals surface area (Å²) < 4.78 is 33.4. The fraction of sp³-hybridized carbons (Fsp3) is 0.364. The number of rotatable bonds is 0. The number of phosphoric ester groups is 1. The molecule has 0 aromatic heterocycles. The van der Waals surface area contributed by atoms with Gasteiger partial charge in [-0.25, -0.2) is 4.57 Å². The van der Waals surface area contributed by atoms with Gasteiger partial charge < -0.3 is 14.4 Å². The minimum atomic E-state index is -4.13. The maximum atomic E-state index is 11.9. The lowest BCUT2D eigenvalue weighted by molar-refractivity contribution is 0.115. The number of phosphoric acid groups is 1. The number of fused-ring (bicyclic) bond motifs is 2. The van der Waals surface area contributed by atoms with Crippen molar-refractivity contribution in [3.05, 3.63) is 58.7 Å². The summed E-state index contributed by atoms with van der Waals surface area (Å²) in [5.74, 6) is 1.47. The highest BCUT2D eigenvalue weighted by atomic mass is 31.2. The maximum Gasteiger partial charge on any atom is 0.472 e. The topological polar surface area (TPSA) is 74.2 Å². The van der Waals surface area contributed by atoms with Gasteiger partial charge in [0.15, 0.2) is 0 Å². The van der Waals surface area contributed by atoms with E-state index in [1.54, 1.807) is 0 Å². The molecule has 2 aliphatic carbocycles. The van der Waals surface area contributed by atoms with Crippen molar-refractivity contribution < 1.29 is 28.0 Å². The van der Waals surface area contributed by atoms with E-state index in [1.807, 2.05) is 12.1 Å². The lowest BCUT2D eigenvalue weighted by atomic mass is 9.97. The van der Waals surface area contributed by atoms with Gasteiger partial charge >= 0.3 is 7.82 Å².